The Morgan fingerprint density at radius 1 is 0.775 bits per heavy atom. The minimum atomic E-state index is -1.13. The van der Waals surface area contributed by atoms with Crippen LogP contribution in [0, 0.1) is 11.8 Å². The average molecular weight is 532 g/mol. The summed E-state index contributed by atoms with van der Waals surface area (Å²) in [6.07, 6.45) is 1.32. The third-order valence-electron chi connectivity index (χ3n) is 9.60. The molecular weight excluding hydrogens is 494 g/mol. The summed E-state index contributed by atoms with van der Waals surface area (Å²) in [5.74, 6) is 0.373. The molecule has 1 saturated carbocycles. The Balaban J connectivity index is 1.49. The van der Waals surface area contributed by atoms with E-state index in [-0.39, 0.29) is 29.1 Å². The molecular formula is C36H37NO3. The molecule has 3 unspecified atom stereocenters. The topological polar surface area (TPSA) is 49.8 Å². The summed E-state index contributed by atoms with van der Waals surface area (Å²) < 4.78 is 5.76. The van der Waals surface area contributed by atoms with Gasteiger partial charge in [0, 0.05) is 30.0 Å². The number of fused-ring (bicyclic) bond motifs is 1. The van der Waals surface area contributed by atoms with Crippen molar-refractivity contribution >= 4 is 5.91 Å². The molecule has 1 aliphatic carbocycles. The molecule has 1 aliphatic heterocycles. The van der Waals surface area contributed by atoms with Crippen molar-refractivity contribution < 1.29 is 14.6 Å². The van der Waals surface area contributed by atoms with Crippen molar-refractivity contribution in [2.75, 3.05) is 20.2 Å². The Morgan fingerprint density at radius 2 is 1.30 bits per heavy atom. The summed E-state index contributed by atoms with van der Waals surface area (Å²) in [5, 5.41) is 12.7. The van der Waals surface area contributed by atoms with Gasteiger partial charge in [0.05, 0.1) is 18.6 Å². The number of aliphatic hydroxyl groups is 1. The van der Waals surface area contributed by atoms with Gasteiger partial charge < -0.3 is 14.7 Å². The number of para-hydroxylation sites is 1. The SMILES string of the molecule is COc1ccccc1[C@]1(O)CCC(c2ccccc2)(c2ccccc2)C2CN(C(=O)C(C)c3ccccc3)CC21. The van der Waals surface area contributed by atoms with E-state index in [1.807, 2.05) is 66.4 Å². The first-order chi connectivity index (χ1) is 19.5. The molecule has 0 radical (unpaired) electrons. The third-order valence-corrected chi connectivity index (χ3v) is 9.60. The van der Waals surface area contributed by atoms with Crippen LogP contribution in [-0.4, -0.2) is 36.1 Å². The smallest absolute Gasteiger partial charge is 0.229 e. The zero-order valence-electron chi connectivity index (χ0n) is 23.2. The molecule has 40 heavy (non-hydrogen) atoms. The van der Waals surface area contributed by atoms with Gasteiger partial charge in [-0.05, 0) is 48.4 Å². The molecule has 4 nitrogen and oxygen atoms in total. The number of amides is 1. The molecule has 4 aromatic carbocycles. The molecule has 0 spiro atoms. The maximum atomic E-state index is 14.1. The molecule has 6 rings (SSSR count). The number of hydrogen-bond acceptors (Lipinski definition) is 3. The molecule has 1 amide bonds. The quantitative estimate of drug-likeness (QED) is 0.307. The van der Waals surface area contributed by atoms with E-state index in [0.29, 0.717) is 25.3 Å². The van der Waals surface area contributed by atoms with Gasteiger partial charge in [-0.15, -0.1) is 0 Å². The van der Waals surface area contributed by atoms with Gasteiger partial charge in [-0.1, -0.05) is 109 Å². The van der Waals surface area contributed by atoms with Crippen molar-refractivity contribution in [3.63, 3.8) is 0 Å². The fourth-order valence-electron chi connectivity index (χ4n) is 7.57. The average Bonchev–Trinajstić information content (AvgIpc) is 3.49. The fraction of sp³-hybridized carbons (Fsp3) is 0.306. The van der Waals surface area contributed by atoms with Gasteiger partial charge in [0.25, 0.3) is 0 Å². The highest BCUT2D eigenvalue weighted by molar-refractivity contribution is 5.83. The molecule has 2 fully saturated rings. The standard InChI is InChI=1S/C36H37NO3/c1-26(27-14-6-3-7-15-27)34(38)37-24-31-32(25-37)36(39,30-20-12-13-21-33(30)40-2)23-22-35(31,28-16-8-4-9-17-28)29-18-10-5-11-19-29/h3-21,26,31-32,39H,22-25H2,1-2H3/t26?,31?,32?,36-/m1/s1. The van der Waals surface area contributed by atoms with Crippen LogP contribution in [0.2, 0.25) is 0 Å². The molecule has 1 N–H and O–H groups in total. The van der Waals surface area contributed by atoms with Crippen LogP contribution >= 0.6 is 0 Å². The molecule has 0 aromatic heterocycles. The lowest BCUT2D eigenvalue weighted by molar-refractivity contribution is -0.132. The Kier molecular flexibility index (Phi) is 6.97. The highest BCUT2D eigenvalue weighted by Crippen LogP contribution is 2.60. The van der Waals surface area contributed by atoms with Crippen LogP contribution in [0.1, 0.15) is 47.9 Å². The lowest BCUT2D eigenvalue weighted by Crippen LogP contribution is -2.53. The van der Waals surface area contributed by atoms with Crippen molar-refractivity contribution in [3.8, 4) is 5.75 Å². The highest BCUT2D eigenvalue weighted by Gasteiger charge is 2.61. The molecule has 0 bridgehead atoms. The predicted octanol–water partition coefficient (Wildman–Crippen LogP) is 6.54. The van der Waals surface area contributed by atoms with E-state index < -0.39 is 5.60 Å². The second-order valence-corrected chi connectivity index (χ2v) is 11.4. The maximum absolute atomic E-state index is 14.1. The number of nitrogens with zero attached hydrogens (tertiary/aromatic N) is 1. The molecule has 1 saturated heterocycles. The Morgan fingerprint density at radius 3 is 1.90 bits per heavy atom. The Bertz CT molecular complexity index is 1420. The molecule has 1 heterocycles. The number of carbonyl (C=O) groups is 1. The molecule has 204 valence electrons. The van der Waals surface area contributed by atoms with Gasteiger partial charge in [-0.25, -0.2) is 0 Å². The summed E-state index contributed by atoms with van der Waals surface area (Å²) in [5.41, 5.74) is 2.83. The largest absolute Gasteiger partial charge is 0.496 e. The second kappa shape index (κ2) is 10.6. The van der Waals surface area contributed by atoms with Crippen LogP contribution in [-0.2, 0) is 15.8 Å². The number of rotatable bonds is 6. The van der Waals surface area contributed by atoms with Crippen molar-refractivity contribution in [2.45, 2.75) is 36.7 Å². The van der Waals surface area contributed by atoms with Crippen molar-refractivity contribution in [1.82, 2.24) is 4.90 Å². The fourth-order valence-corrected chi connectivity index (χ4v) is 7.57. The first-order valence-electron chi connectivity index (χ1n) is 14.3. The van der Waals surface area contributed by atoms with E-state index in [9.17, 15) is 9.90 Å². The number of methoxy groups -OCH3 is 1. The van der Waals surface area contributed by atoms with E-state index in [0.717, 1.165) is 17.5 Å². The first kappa shape index (κ1) is 26.3. The van der Waals surface area contributed by atoms with Crippen molar-refractivity contribution in [3.05, 3.63) is 138 Å². The normalized spacial score (nSPS) is 24.2. The summed E-state index contributed by atoms with van der Waals surface area (Å²) in [6, 6.07) is 39.2. The number of hydrogen-bond donors (Lipinski definition) is 1. The van der Waals surface area contributed by atoms with Gasteiger partial charge >= 0.3 is 0 Å². The van der Waals surface area contributed by atoms with Crippen LogP contribution in [0.5, 0.6) is 5.75 Å². The van der Waals surface area contributed by atoms with Gasteiger partial charge in [0.2, 0.25) is 5.91 Å². The minimum Gasteiger partial charge on any atom is -0.496 e. The zero-order chi connectivity index (χ0) is 27.7. The van der Waals surface area contributed by atoms with E-state index in [1.165, 1.54) is 11.1 Å². The van der Waals surface area contributed by atoms with Crippen LogP contribution in [0.15, 0.2) is 115 Å². The predicted molar refractivity (Wildman–Crippen MR) is 158 cm³/mol. The summed E-state index contributed by atoms with van der Waals surface area (Å²) in [4.78, 5) is 16.1. The van der Waals surface area contributed by atoms with Gasteiger partial charge in [0.15, 0.2) is 0 Å². The number of ether oxygens (including phenoxy) is 1. The maximum Gasteiger partial charge on any atom is 0.229 e. The third kappa shape index (κ3) is 4.22. The molecule has 4 atom stereocenters. The van der Waals surface area contributed by atoms with Gasteiger partial charge in [0.1, 0.15) is 5.75 Å². The van der Waals surface area contributed by atoms with E-state index >= 15 is 0 Å². The summed E-state index contributed by atoms with van der Waals surface area (Å²) in [6.45, 7) is 3.08. The molecule has 4 heteroatoms. The van der Waals surface area contributed by atoms with E-state index in [4.69, 9.17) is 4.74 Å². The number of benzene rings is 4. The highest BCUT2D eigenvalue weighted by atomic mass is 16.5. The van der Waals surface area contributed by atoms with Crippen LogP contribution in [0.4, 0.5) is 0 Å². The van der Waals surface area contributed by atoms with Gasteiger partial charge in [-0.3, -0.25) is 4.79 Å². The van der Waals surface area contributed by atoms with Crippen LogP contribution < -0.4 is 4.74 Å². The lowest BCUT2D eigenvalue weighted by Gasteiger charge is -2.53. The Hall–Kier alpha value is -3.89. The monoisotopic (exact) mass is 531 g/mol. The number of carbonyl (C=O) groups excluding carboxylic acids is 1. The van der Waals surface area contributed by atoms with E-state index in [1.54, 1.807) is 7.11 Å². The lowest BCUT2D eigenvalue weighted by atomic mass is 9.52. The van der Waals surface area contributed by atoms with Crippen LogP contribution in [0.25, 0.3) is 0 Å². The van der Waals surface area contributed by atoms with Gasteiger partial charge in [-0.2, -0.15) is 0 Å². The molecule has 2 aliphatic rings. The molecule has 4 aromatic rings. The van der Waals surface area contributed by atoms with E-state index in [2.05, 4.69) is 60.7 Å². The number of likely N-dealkylation sites (tertiary alicyclic amines) is 1. The minimum absolute atomic E-state index is 0.00730. The summed E-state index contributed by atoms with van der Waals surface area (Å²) >= 11 is 0. The van der Waals surface area contributed by atoms with Crippen molar-refractivity contribution in [2.24, 2.45) is 11.8 Å². The second-order valence-electron chi connectivity index (χ2n) is 11.4. The van der Waals surface area contributed by atoms with Crippen molar-refractivity contribution in [1.29, 1.82) is 0 Å². The zero-order valence-corrected chi connectivity index (χ0v) is 23.2. The summed E-state index contributed by atoms with van der Waals surface area (Å²) in [7, 11) is 1.66. The Labute approximate surface area is 237 Å². The first-order valence-corrected chi connectivity index (χ1v) is 14.3. The van der Waals surface area contributed by atoms with Crippen LogP contribution in [0.3, 0.4) is 0 Å².